The van der Waals surface area contributed by atoms with Crippen LogP contribution in [0.15, 0.2) is 29.2 Å². The van der Waals surface area contributed by atoms with Crippen LogP contribution in [0.3, 0.4) is 0 Å². The maximum absolute atomic E-state index is 12.6. The molecule has 1 aromatic rings. The minimum Gasteiger partial charge on any atom is -0.497 e. The van der Waals surface area contributed by atoms with Gasteiger partial charge in [0.1, 0.15) is 5.75 Å². The molecule has 0 radical (unpaired) electrons. The zero-order valence-corrected chi connectivity index (χ0v) is 14.0. The van der Waals surface area contributed by atoms with Crippen molar-refractivity contribution in [3.8, 4) is 5.75 Å². The van der Waals surface area contributed by atoms with Gasteiger partial charge in [0, 0.05) is 32.1 Å². The van der Waals surface area contributed by atoms with Gasteiger partial charge in [-0.1, -0.05) is 13.8 Å². The molecule has 6 nitrogen and oxygen atoms in total. The van der Waals surface area contributed by atoms with Crippen LogP contribution in [0.1, 0.15) is 13.8 Å². The first-order valence-corrected chi connectivity index (χ1v) is 8.73. The number of sulfonamides is 1. The third-order valence-electron chi connectivity index (χ3n) is 3.74. The van der Waals surface area contributed by atoms with Crippen molar-refractivity contribution in [3.63, 3.8) is 0 Å². The highest BCUT2D eigenvalue weighted by Gasteiger charge is 2.30. The molecule has 1 fully saturated rings. The minimum absolute atomic E-state index is 0.0651. The standard InChI is InChI=1S/C15H22N2O4S/c1-12(2)15(18)16-8-10-17(11-9-16)22(19,20)14-6-4-13(21-3)5-7-14/h4-7,12H,8-11H2,1-3H3. The molecule has 1 aromatic carbocycles. The van der Waals surface area contributed by atoms with Gasteiger partial charge in [0.15, 0.2) is 0 Å². The summed E-state index contributed by atoms with van der Waals surface area (Å²) in [6, 6.07) is 6.34. The first-order chi connectivity index (χ1) is 10.4. The fraction of sp³-hybridized carbons (Fsp3) is 0.533. The second-order valence-corrected chi connectivity index (χ2v) is 7.50. The summed E-state index contributed by atoms with van der Waals surface area (Å²) in [4.78, 5) is 13.9. The van der Waals surface area contributed by atoms with E-state index in [0.29, 0.717) is 31.9 Å². The minimum atomic E-state index is -3.52. The van der Waals surface area contributed by atoms with Gasteiger partial charge in [-0.2, -0.15) is 4.31 Å². The summed E-state index contributed by atoms with van der Waals surface area (Å²) in [6.45, 7) is 5.23. The van der Waals surface area contributed by atoms with Gasteiger partial charge in [0.25, 0.3) is 0 Å². The topological polar surface area (TPSA) is 66.9 Å². The summed E-state index contributed by atoms with van der Waals surface area (Å²) in [5.74, 6) is 0.623. The number of carbonyl (C=O) groups is 1. The van der Waals surface area contributed by atoms with Gasteiger partial charge in [-0.15, -0.1) is 0 Å². The molecule has 0 spiro atoms. The van der Waals surface area contributed by atoms with Crippen LogP contribution in [0.5, 0.6) is 5.75 Å². The van der Waals surface area contributed by atoms with Gasteiger partial charge in [-0.25, -0.2) is 8.42 Å². The normalized spacial score (nSPS) is 16.8. The molecule has 0 aliphatic carbocycles. The zero-order valence-electron chi connectivity index (χ0n) is 13.2. The van der Waals surface area contributed by atoms with Crippen molar-refractivity contribution in [1.29, 1.82) is 0 Å². The smallest absolute Gasteiger partial charge is 0.243 e. The van der Waals surface area contributed by atoms with Crippen molar-refractivity contribution in [2.75, 3.05) is 33.3 Å². The van der Waals surface area contributed by atoms with Gasteiger partial charge in [0.05, 0.1) is 12.0 Å². The molecule has 122 valence electrons. The molecule has 0 saturated carbocycles. The molecule has 0 aromatic heterocycles. The lowest BCUT2D eigenvalue weighted by atomic mass is 10.2. The molecule has 1 amide bonds. The predicted molar refractivity (Wildman–Crippen MR) is 83.2 cm³/mol. The fourth-order valence-electron chi connectivity index (χ4n) is 2.41. The van der Waals surface area contributed by atoms with Crippen LogP contribution in [-0.2, 0) is 14.8 Å². The van der Waals surface area contributed by atoms with E-state index in [1.54, 1.807) is 29.2 Å². The molecule has 2 rings (SSSR count). The highest BCUT2D eigenvalue weighted by atomic mass is 32.2. The molecule has 0 N–H and O–H groups in total. The molecule has 0 bridgehead atoms. The van der Waals surface area contributed by atoms with Crippen LogP contribution < -0.4 is 4.74 Å². The Hall–Kier alpha value is -1.60. The van der Waals surface area contributed by atoms with Crippen molar-refractivity contribution >= 4 is 15.9 Å². The van der Waals surface area contributed by atoms with Crippen LogP contribution in [0.2, 0.25) is 0 Å². The number of benzene rings is 1. The van der Waals surface area contributed by atoms with Crippen molar-refractivity contribution < 1.29 is 17.9 Å². The Bertz CT molecular complexity index is 617. The molecule has 7 heteroatoms. The van der Waals surface area contributed by atoms with E-state index in [4.69, 9.17) is 4.74 Å². The average molecular weight is 326 g/mol. The molecule has 1 heterocycles. The van der Waals surface area contributed by atoms with Crippen LogP contribution in [0.4, 0.5) is 0 Å². The van der Waals surface area contributed by atoms with E-state index in [0.717, 1.165) is 0 Å². The number of methoxy groups -OCH3 is 1. The Morgan fingerprint density at radius 2 is 1.64 bits per heavy atom. The van der Waals surface area contributed by atoms with E-state index in [2.05, 4.69) is 0 Å². The summed E-state index contributed by atoms with van der Waals surface area (Å²) in [5.41, 5.74) is 0. The monoisotopic (exact) mass is 326 g/mol. The molecule has 1 saturated heterocycles. The van der Waals surface area contributed by atoms with E-state index in [1.807, 2.05) is 13.8 Å². The van der Waals surface area contributed by atoms with Gasteiger partial charge in [-0.05, 0) is 24.3 Å². The first-order valence-electron chi connectivity index (χ1n) is 7.29. The predicted octanol–water partition coefficient (Wildman–Crippen LogP) is 1.18. The van der Waals surface area contributed by atoms with E-state index >= 15 is 0 Å². The third-order valence-corrected chi connectivity index (χ3v) is 5.65. The Balaban J connectivity index is 2.07. The van der Waals surface area contributed by atoms with Crippen molar-refractivity contribution in [2.24, 2.45) is 5.92 Å². The number of amides is 1. The van der Waals surface area contributed by atoms with Crippen LogP contribution >= 0.6 is 0 Å². The van der Waals surface area contributed by atoms with Crippen molar-refractivity contribution in [3.05, 3.63) is 24.3 Å². The Morgan fingerprint density at radius 3 is 2.09 bits per heavy atom. The summed E-state index contributed by atoms with van der Waals surface area (Å²) in [7, 11) is -1.98. The van der Waals surface area contributed by atoms with Crippen molar-refractivity contribution in [2.45, 2.75) is 18.7 Å². The van der Waals surface area contributed by atoms with Crippen LogP contribution in [0, 0.1) is 5.92 Å². The fourth-order valence-corrected chi connectivity index (χ4v) is 3.83. The van der Waals surface area contributed by atoms with Gasteiger partial charge in [0.2, 0.25) is 15.9 Å². The maximum atomic E-state index is 12.6. The zero-order chi connectivity index (χ0) is 16.3. The molecule has 1 aliphatic heterocycles. The Labute approximate surface area is 131 Å². The van der Waals surface area contributed by atoms with Crippen LogP contribution in [0.25, 0.3) is 0 Å². The Kier molecular flexibility index (Phi) is 5.08. The third kappa shape index (κ3) is 3.41. The summed E-state index contributed by atoms with van der Waals surface area (Å²) in [5, 5.41) is 0. The molecule has 0 atom stereocenters. The number of ether oxygens (including phenoxy) is 1. The number of hydrogen-bond donors (Lipinski definition) is 0. The van der Waals surface area contributed by atoms with E-state index in [1.165, 1.54) is 11.4 Å². The largest absolute Gasteiger partial charge is 0.497 e. The molecule has 0 unspecified atom stereocenters. The highest BCUT2D eigenvalue weighted by Crippen LogP contribution is 2.21. The molecule has 22 heavy (non-hydrogen) atoms. The lowest BCUT2D eigenvalue weighted by molar-refractivity contribution is -0.135. The van der Waals surface area contributed by atoms with Crippen molar-refractivity contribution in [1.82, 2.24) is 9.21 Å². The Morgan fingerprint density at radius 1 is 1.09 bits per heavy atom. The number of rotatable bonds is 4. The van der Waals surface area contributed by atoms with E-state index < -0.39 is 10.0 Å². The summed E-state index contributed by atoms with van der Waals surface area (Å²) < 4.78 is 31.6. The van der Waals surface area contributed by atoms with Crippen LogP contribution in [-0.4, -0.2) is 56.8 Å². The number of hydrogen-bond acceptors (Lipinski definition) is 4. The highest BCUT2D eigenvalue weighted by molar-refractivity contribution is 7.89. The number of nitrogens with zero attached hydrogens (tertiary/aromatic N) is 2. The van der Waals surface area contributed by atoms with E-state index in [9.17, 15) is 13.2 Å². The summed E-state index contributed by atoms with van der Waals surface area (Å²) >= 11 is 0. The average Bonchev–Trinajstić information content (AvgIpc) is 2.54. The molecule has 1 aliphatic rings. The maximum Gasteiger partial charge on any atom is 0.243 e. The summed E-state index contributed by atoms with van der Waals surface area (Å²) in [6.07, 6.45) is 0. The first kappa shape index (κ1) is 16.8. The second-order valence-electron chi connectivity index (χ2n) is 5.56. The van der Waals surface area contributed by atoms with E-state index in [-0.39, 0.29) is 16.7 Å². The lowest BCUT2D eigenvalue weighted by Crippen LogP contribution is -2.51. The van der Waals surface area contributed by atoms with Gasteiger partial charge >= 0.3 is 0 Å². The molecular formula is C15H22N2O4S. The SMILES string of the molecule is COc1ccc(S(=O)(=O)N2CCN(C(=O)C(C)C)CC2)cc1. The number of carbonyl (C=O) groups excluding carboxylic acids is 1. The number of piperazine rings is 1. The lowest BCUT2D eigenvalue weighted by Gasteiger charge is -2.34. The second kappa shape index (κ2) is 6.66. The van der Waals surface area contributed by atoms with Gasteiger partial charge < -0.3 is 9.64 Å². The quantitative estimate of drug-likeness (QED) is 0.833. The molecular weight excluding hydrogens is 304 g/mol. The van der Waals surface area contributed by atoms with Gasteiger partial charge in [-0.3, -0.25) is 4.79 Å².